The van der Waals surface area contributed by atoms with Crippen LogP contribution in [-0.4, -0.2) is 26.6 Å². The highest BCUT2D eigenvalue weighted by molar-refractivity contribution is 5.68. The van der Waals surface area contributed by atoms with Gasteiger partial charge in [-0.2, -0.15) is 4.98 Å². The lowest BCUT2D eigenvalue weighted by molar-refractivity contribution is -0.387. The lowest BCUT2D eigenvalue weighted by Crippen LogP contribution is -2.14. The van der Waals surface area contributed by atoms with Crippen molar-refractivity contribution in [2.75, 3.05) is 6.61 Å². The second-order valence-electron chi connectivity index (χ2n) is 6.63. The first kappa shape index (κ1) is 21.6. The van der Waals surface area contributed by atoms with E-state index in [9.17, 15) is 20.0 Å². The molecule has 0 fully saturated rings. The van der Waals surface area contributed by atoms with Crippen molar-refractivity contribution in [2.24, 2.45) is 0 Å². The van der Waals surface area contributed by atoms with E-state index >= 15 is 0 Å². The predicted molar refractivity (Wildman–Crippen MR) is 115 cm³/mol. The Morgan fingerprint density at radius 3 is 2.65 bits per heavy atom. The fraction of sp³-hybridized carbons (Fsp3) is 0.182. The summed E-state index contributed by atoms with van der Waals surface area (Å²) in [6, 6.07) is 13.3. The minimum Gasteiger partial charge on any atom is -0.490 e. The van der Waals surface area contributed by atoms with E-state index in [1.54, 1.807) is 24.3 Å². The van der Waals surface area contributed by atoms with Gasteiger partial charge >= 0.3 is 11.2 Å². The molecule has 0 atom stereocenters. The lowest BCUT2D eigenvalue weighted by atomic mass is 10.1. The molecule has 0 bridgehead atoms. The Bertz CT molecular complexity index is 1190. The smallest absolute Gasteiger partial charge is 0.395 e. The SMILES string of the molecule is CCOc1cc(C=Cc2nc(O)c([N+](=O)[O-])c(=O)[nH]2)ccc1OCc1cccc(C)c1. The van der Waals surface area contributed by atoms with E-state index in [1.165, 1.54) is 6.08 Å². The predicted octanol–water partition coefficient (Wildman–Crippen LogP) is 3.84. The topological polar surface area (TPSA) is 128 Å². The second-order valence-corrected chi connectivity index (χ2v) is 6.63. The summed E-state index contributed by atoms with van der Waals surface area (Å²) in [5.74, 6) is 0.166. The van der Waals surface area contributed by atoms with Crippen LogP contribution < -0.4 is 15.0 Å². The molecular weight excluding hydrogens is 402 g/mol. The molecule has 0 saturated carbocycles. The number of H-pyrrole nitrogens is 1. The van der Waals surface area contributed by atoms with Crippen molar-refractivity contribution in [1.82, 2.24) is 9.97 Å². The average Bonchev–Trinajstić information content (AvgIpc) is 2.71. The highest BCUT2D eigenvalue weighted by Crippen LogP contribution is 2.30. The molecule has 0 aliphatic heterocycles. The normalized spacial score (nSPS) is 10.9. The maximum atomic E-state index is 11.7. The molecule has 0 saturated heterocycles. The number of nitrogens with zero attached hydrogens (tertiary/aromatic N) is 2. The molecule has 0 radical (unpaired) electrons. The summed E-state index contributed by atoms with van der Waals surface area (Å²) in [6.45, 7) is 4.72. The molecule has 3 aromatic rings. The van der Waals surface area contributed by atoms with Crippen molar-refractivity contribution in [3.8, 4) is 17.4 Å². The Morgan fingerprint density at radius 1 is 1.16 bits per heavy atom. The molecule has 0 unspecified atom stereocenters. The van der Waals surface area contributed by atoms with Gasteiger partial charge in [0.1, 0.15) is 12.4 Å². The fourth-order valence-electron chi connectivity index (χ4n) is 2.87. The maximum Gasteiger partial charge on any atom is 0.395 e. The van der Waals surface area contributed by atoms with Crippen LogP contribution >= 0.6 is 0 Å². The zero-order valence-corrected chi connectivity index (χ0v) is 17.0. The Morgan fingerprint density at radius 2 is 1.97 bits per heavy atom. The number of aromatic nitrogens is 2. The summed E-state index contributed by atoms with van der Waals surface area (Å²) in [4.78, 5) is 27.4. The lowest BCUT2D eigenvalue weighted by Gasteiger charge is -2.13. The van der Waals surface area contributed by atoms with Gasteiger partial charge in [-0.3, -0.25) is 14.9 Å². The van der Waals surface area contributed by atoms with Gasteiger partial charge in [-0.15, -0.1) is 0 Å². The number of hydrogen-bond acceptors (Lipinski definition) is 7. The Hall–Kier alpha value is -4.14. The van der Waals surface area contributed by atoms with Crippen LogP contribution in [0.25, 0.3) is 12.2 Å². The van der Waals surface area contributed by atoms with Gasteiger partial charge in [-0.25, -0.2) is 0 Å². The Kier molecular flexibility index (Phi) is 6.66. The Balaban J connectivity index is 1.80. The number of nitrogens with one attached hydrogen (secondary N) is 1. The molecule has 0 amide bonds. The third kappa shape index (κ3) is 5.47. The standard InChI is InChI=1S/C22H21N3O6/c1-3-30-18-12-15(7-9-17(18)31-13-16-6-4-5-14(2)11-16)8-10-19-23-21(26)20(25(28)29)22(27)24-19/h4-12H,3,13H2,1-2H3,(H2,23,24,26,27). The Labute approximate surface area is 177 Å². The molecule has 1 heterocycles. The summed E-state index contributed by atoms with van der Waals surface area (Å²) in [7, 11) is 0. The molecule has 0 spiro atoms. The van der Waals surface area contributed by atoms with Gasteiger partial charge in [-0.05, 0) is 43.2 Å². The van der Waals surface area contributed by atoms with E-state index in [4.69, 9.17) is 9.47 Å². The average molecular weight is 423 g/mol. The van der Waals surface area contributed by atoms with Gasteiger partial charge in [0.05, 0.1) is 11.5 Å². The van der Waals surface area contributed by atoms with Crippen LogP contribution in [0, 0.1) is 17.0 Å². The third-order valence-electron chi connectivity index (χ3n) is 4.26. The van der Waals surface area contributed by atoms with Crippen LogP contribution in [0.2, 0.25) is 0 Å². The van der Waals surface area contributed by atoms with Crippen molar-refractivity contribution in [2.45, 2.75) is 20.5 Å². The fourth-order valence-corrected chi connectivity index (χ4v) is 2.87. The van der Waals surface area contributed by atoms with Gasteiger partial charge in [0, 0.05) is 0 Å². The number of aryl methyl sites for hydroxylation is 1. The van der Waals surface area contributed by atoms with E-state index < -0.39 is 22.0 Å². The van der Waals surface area contributed by atoms with Crippen LogP contribution in [-0.2, 0) is 6.61 Å². The highest BCUT2D eigenvalue weighted by atomic mass is 16.6. The summed E-state index contributed by atoms with van der Waals surface area (Å²) < 4.78 is 11.6. The van der Waals surface area contributed by atoms with Crippen molar-refractivity contribution in [1.29, 1.82) is 0 Å². The van der Waals surface area contributed by atoms with Gasteiger partial charge in [-0.1, -0.05) is 42.0 Å². The van der Waals surface area contributed by atoms with Crippen molar-refractivity contribution in [3.05, 3.63) is 85.4 Å². The molecule has 9 nitrogen and oxygen atoms in total. The number of aromatic hydroxyl groups is 1. The van der Waals surface area contributed by atoms with Crippen molar-refractivity contribution < 1.29 is 19.5 Å². The molecule has 160 valence electrons. The summed E-state index contributed by atoms with van der Waals surface area (Å²) in [6.07, 6.45) is 3.04. The van der Waals surface area contributed by atoms with Crippen LogP contribution in [0.5, 0.6) is 17.4 Å². The molecule has 2 aromatic carbocycles. The van der Waals surface area contributed by atoms with E-state index in [0.29, 0.717) is 30.3 Å². The van der Waals surface area contributed by atoms with Crippen LogP contribution in [0.15, 0.2) is 47.3 Å². The number of rotatable bonds is 8. The highest BCUT2D eigenvalue weighted by Gasteiger charge is 2.21. The minimum atomic E-state index is -1.04. The van der Waals surface area contributed by atoms with Gasteiger partial charge in [0.15, 0.2) is 11.5 Å². The largest absolute Gasteiger partial charge is 0.490 e. The molecule has 1 aromatic heterocycles. The first-order valence-electron chi connectivity index (χ1n) is 9.48. The van der Waals surface area contributed by atoms with Gasteiger partial charge < -0.3 is 19.6 Å². The second kappa shape index (κ2) is 9.57. The monoisotopic (exact) mass is 423 g/mol. The summed E-state index contributed by atoms with van der Waals surface area (Å²) >= 11 is 0. The minimum absolute atomic E-state index is 0.0224. The van der Waals surface area contributed by atoms with Gasteiger partial charge in [0.2, 0.25) is 0 Å². The molecule has 0 aliphatic carbocycles. The van der Waals surface area contributed by atoms with Crippen molar-refractivity contribution >= 4 is 17.8 Å². The molecule has 31 heavy (non-hydrogen) atoms. The third-order valence-corrected chi connectivity index (χ3v) is 4.26. The van der Waals surface area contributed by atoms with E-state index in [2.05, 4.69) is 9.97 Å². The number of benzene rings is 2. The van der Waals surface area contributed by atoms with Crippen molar-refractivity contribution in [3.63, 3.8) is 0 Å². The number of ether oxygens (including phenoxy) is 2. The molecule has 0 aliphatic rings. The first-order chi connectivity index (χ1) is 14.9. The van der Waals surface area contributed by atoms with E-state index in [1.807, 2.05) is 38.1 Å². The van der Waals surface area contributed by atoms with E-state index in [0.717, 1.165) is 11.1 Å². The molecule has 9 heteroatoms. The quantitative estimate of drug-likeness (QED) is 0.416. The zero-order valence-electron chi connectivity index (χ0n) is 17.0. The maximum absolute atomic E-state index is 11.7. The number of aromatic amines is 1. The zero-order chi connectivity index (χ0) is 22.4. The first-order valence-corrected chi connectivity index (χ1v) is 9.48. The van der Waals surface area contributed by atoms with Crippen LogP contribution in [0.4, 0.5) is 5.69 Å². The number of hydrogen-bond donors (Lipinski definition) is 2. The summed E-state index contributed by atoms with van der Waals surface area (Å²) in [5, 5.41) is 20.4. The van der Waals surface area contributed by atoms with Crippen LogP contribution in [0.3, 0.4) is 0 Å². The van der Waals surface area contributed by atoms with Gasteiger partial charge in [0.25, 0.3) is 5.88 Å². The van der Waals surface area contributed by atoms with Crippen LogP contribution in [0.1, 0.15) is 29.4 Å². The molecular formula is C22H21N3O6. The molecule has 2 N–H and O–H groups in total. The summed E-state index contributed by atoms with van der Waals surface area (Å²) in [5.41, 5.74) is 0.875. The van der Waals surface area contributed by atoms with E-state index in [-0.39, 0.29) is 5.82 Å². The number of nitro groups is 1. The molecule has 3 rings (SSSR count).